The summed E-state index contributed by atoms with van der Waals surface area (Å²) in [6, 6.07) is -0.755. The van der Waals surface area contributed by atoms with Crippen LogP contribution in [0, 0.1) is 5.41 Å². The molecule has 116 valence electrons. The molecule has 0 radical (unpaired) electrons. The minimum atomic E-state index is -0.956. The normalized spacial score (nSPS) is 11.4. The molecule has 0 aliphatic rings. The lowest BCUT2D eigenvalue weighted by molar-refractivity contribution is -0.143. The second-order valence-corrected chi connectivity index (χ2v) is 4.38. The summed E-state index contributed by atoms with van der Waals surface area (Å²) < 4.78 is 0. The number of hydrogen-bond acceptors (Lipinski definition) is 4. The Balaban J connectivity index is 4.41. The third-order valence-electron chi connectivity index (χ3n) is 2.56. The summed E-state index contributed by atoms with van der Waals surface area (Å²) in [5.41, 5.74) is 15.8. The van der Waals surface area contributed by atoms with Gasteiger partial charge in [0.1, 0.15) is 6.04 Å². The van der Waals surface area contributed by atoms with Crippen LogP contribution in [0.3, 0.4) is 0 Å². The molecule has 0 aromatic rings. The smallest absolute Gasteiger partial charge is 0.328 e. The third-order valence-corrected chi connectivity index (χ3v) is 2.56. The maximum atomic E-state index is 11.3. The van der Waals surface area contributed by atoms with Crippen molar-refractivity contribution in [2.24, 2.45) is 22.3 Å². The molecule has 0 unspecified atom stereocenters. The molecule has 0 spiro atoms. The van der Waals surface area contributed by atoms with Crippen LogP contribution < -0.4 is 22.5 Å². The highest BCUT2D eigenvalue weighted by molar-refractivity contribution is 5.77. The summed E-state index contributed by atoms with van der Waals surface area (Å²) in [7, 11) is 0. The third kappa shape index (κ3) is 8.01. The molecular formula is C11H25N7O2. The van der Waals surface area contributed by atoms with Crippen molar-refractivity contribution in [3.63, 3.8) is 0 Å². The summed E-state index contributed by atoms with van der Waals surface area (Å²) in [5.74, 6) is -1.20. The molecule has 0 aromatic carbocycles. The number of hydrogen-bond donors (Lipinski definition) is 6. The number of nitrogens with two attached hydrogens (primary N) is 3. The molecule has 0 fully saturated rings. The fraction of sp³-hybridized carbons (Fsp3) is 0.727. The number of guanidine groups is 2. The summed E-state index contributed by atoms with van der Waals surface area (Å²) in [5, 5.41) is 24.2. The van der Waals surface area contributed by atoms with Crippen LogP contribution in [0.4, 0.5) is 0 Å². The van der Waals surface area contributed by atoms with Crippen LogP contribution >= 0.6 is 0 Å². The van der Waals surface area contributed by atoms with Crippen LogP contribution in [0.1, 0.15) is 32.6 Å². The number of carbonyl (C=O) groups is 1. The highest BCUT2D eigenvalue weighted by Gasteiger charge is 2.23. The SMILES string of the molecule is CCCN(N=C(N)N)[C@@H](CCCCNC(=N)N)C(=O)O. The van der Waals surface area contributed by atoms with Crippen LogP contribution in [0.25, 0.3) is 0 Å². The van der Waals surface area contributed by atoms with Gasteiger partial charge in [-0.2, -0.15) is 0 Å². The summed E-state index contributed by atoms with van der Waals surface area (Å²) in [6.07, 6.45) is 2.54. The van der Waals surface area contributed by atoms with Crippen molar-refractivity contribution in [2.75, 3.05) is 13.1 Å². The summed E-state index contributed by atoms with van der Waals surface area (Å²) in [4.78, 5) is 11.3. The average molecular weight is 287 g/mol. The molecule has 0 saturated carbocycles. The van der Waals surface area contributed by atoms with Crippen LogP contribution in [-0.2, 0) is 4.79 Å². The van der Waals surface area contributed by atoms with Crippen molar-refractivity contribution >= 4 is 17.9 Å². The van der Waals surface area contributed by atoms with Gasteiger partial charge >= 0.3 is 5.97 Å². The van der Waals surface area contributed by atoms with Gasteiger partial charge in [0.25, 0.3) is 0 Å². The first-order chi connectivity index (χ1) is 9.38. The first kappa shape index (κ1) is 17.8. The molecular weight excluding hydrogens is 262 g/mol. The number of aliphatic carboxylic acids is 1. The molecule has 9 N–H and O–H groups in total. The largest absolute Gasteiger partial charge is 0.480 e. The van der Waals surface area contributed by atoms with Crippen molar-refractivity contribution in [3.05, 3.63) is 0 Å². The van der Waals surface area contributed by atoms with Crippen LogP contribution in [0.2, 0.25) is 0 Å². The Morgan fingerprint density at radius 2 is 2.05 bits per heavy atom. The van der Waals surface area contributed by atoms with Gasteiger partial charge in [0.15, 0.2) is 5.96 Å². The highest BCUT2D eigenvalue weighted by atomic mass is 16.4. The number of carboxylic acids is 1. The zero-order chi connectivity index (χ0) is 15.5. The molecule has 20 heavy (non-hydrogen) atoms. The van der Waals surface area contributed by atoms with Crippen LogP contribution in [0.15, 0.2) is 5.10 Å². The van der Waals surface area contributed by atoms with Gasteiger partial charge in [0.2, 0.25) is 5.96 Å². The Morgan fingerprint density at radius 1 is 1.40 bits per heavy atom. The fourth-order valence-electron chi connectivity index (χ4n) is 1.74. The van der Waals surface area contributed by atoms with E-state index in [4.69, 9.17) is 22.6 Å². The van der Waals surface area contributed by atoms with E-state index in [0.29, 0.717) is 32.4 Å². The molecule has 1 atom stereocenters. The standard InChI is InChI=1S/C11H25N7O2/c1-2-7-18(17-11(14)15)8(9(19)20)5-3-4-6-16-10(12)13/h8H,2-7H2,1H3,(H,19,20)(H4,12,13,16)(H4,14,15,17)/t8-/m0/s1. The first-order valence-corrected chi connectivity index (χ1v) is 6.55. The zero-order valence-electron chi connectivity index (χ0n) is 11.8. The van der Waals surface area contributed by atoms with Gasteiger partial charge in [-0.25, -0.2) is 4.79 Å². The molecule has 9 heteroatoms. The molecule has 0 rings (SSSR count). The van der Waals surface area contributed by atoms with Gasteiger partial charge in [0.05, 0.1) is 0 Å². The Bertz CT molecular complexity index is 342. The Kier molecular flexibility index (Phi) is 8.64. The second-order valence-electron chi connectivity index (χ2n) is 4.38. The molecule has 0 bridgehead atoms. The number of unbranched alkanes of at least 4 members (excludes halogenated alkanes) is 1. The van der Waals surface area contributed by atoms with E-state index in [2.05, 4.69) is 10.4 Å². The lowest BCUT2D eigenvalue weighted by atomic mass is 10.1. The van der Waals surface area contributed by atoms with Gasteiger partial charge < -0.3 is 27.6 Å². The molecule has 0 amide bonds. The van der Waals surface area contributed by atoms with E-state index in [-0.39, 0.29) is 11.9 Å². The lowest BCUT2D eigenvalue weighted by Crippen LogP contribution is -2.41. The van der Waals surface area contributed by atoms with Crippen LogP contribution in [0.5, 0.6) is 0 Å². The quantitative estimate of drug-likeness (QED) is 0.129. The Hall–Kier alpha value is -2.19. The zero-order valence-corrected chi connectivity index (χ0v) is 11.8. The van der Waals surface area contributed by atoms with E-state index in [1.54, 1.807) is 0 Å². The summed E-state index contributed by atoms with van der Waals surface area (Å²) >= 11 is 0. The van der Waals surface area contributed by atoms with E-state index < -0.39 is 12.0 Å². The van der Waals surface area contributed by atoms with Gasteiger partial charge in [0, 0.05) is 13.1 Å². The molecule has 0 aliphatic heterocycles. The minimum absolute atomic E-state index is 0.0899. The van der Waals surface area contributed by atoms with Crippen molar-refractivity contribution in [1.82, 2.24) is 10.3 Å². The fourth-order valence-corrected chi connectivity index (χ4v) is 1.74. The highest BCUT2D eigenvalue weighted by Crippen LogP contribution is 2.10. The first-order valence-electron chi connectivity index (χ1n) is 6.55. The van der Waals surface area contributed by atoms with Gasteiger partial charge in [-0.3, -0.25) is 10.4 Å². The predicted octanol–water partition coefficient (Wildman–Crippen LogP) is -1.01. The number of nitrogens with one attached hydrogen (secondary N) is 2. The van der Waals surface area contributed by atoms with Crippen molar-refractivity contribution in [3.8, 4) is 0 Å². The molecule has 0 saturated heterocycles. The molecule has 0 heterocycles. The van der Waals surface area contributed by atoms with E-state index in [1.807, 2.05) is 6.92 Å². The van der Waals surface area contributed by atoms with Crippen molar-refractivity contribution < 1.29 is 9.90 Å². The molecule has 0 aliphatic carbocycles. The predicted molar refractivity (Wildman–Crippen MR) is 78.0 cm³/mol. The van der Waals surface area contributed by atoms with Crippen LogP contribution in [-0.4, -0.2) is 47.1 Å². The molecule has 9 nitrogen and oxygen atoms in total. The molecule has 0 aromatic heterocycles. The second kappa shape index (κ2) is 9.70. The number of nitrogens with zero attached hydrogens (tertiary/aromatic N) is 2. The number of rotatable bonds is 10. The monoisotopic (exact) mass is 287 g/mol. The van der Waals surface area contributed by atoms with E-state index in [1.165, 1.54) is 5.01 Å². The Labute approximate surface area is 118 Å². The van der Waals surface area contributed by atoms with Crippen molar-refractivity contribution in [2.45, 2.75) is 38.6 Å². The van der Waals surface area contributed by atoms with E-state index in [9.17, 15) is 9.90 Å². The minimum Gasteiger partial charge on any atom is -0.480 e. The van der Waals surface area contributed by atoms with Gasteiger partial charge in [-0.05, 0) is 25.7 Å². The van der Waals surface area contributed by atoms with E-state index in [0.717, 1.165) is 6.42 Å². The summed E-state index contributed by atoms with van der Waals surface area (Å²) in [6.45, 7) is 2.93. The maximum absolute atomic E-state index is 11.3. The van der Waals surface area contributed by atoms with Gasteiger partial charge in [-0.1, -0.05) is 6.92 Å². The topological polar surface area (TPSA) is 167 Å². The maximum Gasteiger partial charge on any atom is 0.328 e. The van der Waals surface area contributed by atoms with E-state index >= 15 is 0 Å². The number of hydrazone groups is 1. The Morgan fingerprint density at radius 3 is 2.50 bits per heavy atom. The average Bonchev–Trinajstić information content (AvgIpc) is 2.31. The van der Waals surface area contributed by atoms with Crippen molar-refractivity contribution in [1.29, 1.82) is 5.41 Å². The number of carboxylic acid groups (broad SMARTS) is 1. The lowest BCUT2D eigenvalue weighted by Gasteiger charge is -2.25. The van der Waals surface area contributed by atoms with Gasteiger partial charge in [-0.15, -0.1) is 5.10 Å².